The van der Waals surface area contributed by atoms with Crippen LogP contribution in [0.2, 0.25) is 0 Å². The van der Waals surface area contributed by atoms with Crippen molar-refractivity contribution in [1.29, 1.82) is 0 Å². The molecule has 0 aromatic carbocycles. The molecule has 0 unspecified atom stereocenters. The second-order valence-corrected chi connectivity index (χ2v) is 2.62. The Bertz CT molecular complexity index is 193. The second kappa shape index (κ2) is 4.20. The van der Waals surface area contributed by atoms with E-state index in [1.54, 1.807) is 0 Å². The number of halogens is 2. The summed E-state index contributed by atoms with van der Waals surface area (Å²) in [7, 11) is 0. The molecule has 0 fully saturated rings. The molecule has 0 aliphatic heterocycles. The molecule has 0 rings (SSSR count). The molecule has 0 aliphatic carbocycles. The highest BCUT2D eigenvalue weighted by atomic mass is 35.5. The normalized spacial score (nSPS) is 9.36. The molecule has 0 spiro atoms. The molecule has 2 N–H and O–H groups in total. The van der Waals surface area contributed by atoms with Crippen molar-refractivity contribution in [2.45, 2.75) is 0 Å². The molecule has 0 saturated heterocycles. The molecule has 0 amide bonds. The zero-order valence-corrected chi connectivity index (χ0v) is 6.63. The van der Waals surface area contributed by atoms with E-state index in [1.165, 1.54) is 0 Å². The van der Waals surface area contributed by atoms with Crippen LogP contribution in [0, 0.1) is 5.92 Å². The van der Waals surface area contributed by atoms with Gasteiger partial charge in [-0.1, -0.05) is 23.2 Å². The van der Waals surface area contributed by atoms with Gasteiger partial charge in [-0.05, 0) is 6.08 Å². The number of hydrogen-bond donors (Lipinski definition) is 2. The molecular formula is C5H4Cl2O4. The third-order valence-electron chi connectivity index (χ3n) is 0.825. The Hall–Kier alpha value is -0.740. The molecule has 0 saturated carbocycles. The molecule has 4 nitrogen and oxygen atoms in total. The van der Waals surface area contributed by atoms with Crippen molar-refractivity contribution in [2.24, 2.45) is 5.92 Å². The first-order valence-electron chi connectivity index (χ1n) is 2.43. The molecule has 0 bridgehead atoms. The number of hydrogen-bond acceptors (Lipinski definition) is 2. The predicted octanol–water partition coefficient (Wildman–Crippen LogP) is 1.09. The van der Waals surface area contributed by atoms with Crippen molar-refractivity contribution < 1.29 is 19.8 Å². The number of carbonyl (C=O) groups is 2. The van der Waals surface area contributed by atoms with Gasteiger partial charge in [0, 0.05) is 0 Å². The fourth-order valence-corrected chi connectivity index (χ4v) is 0.626. The Morgan fingerprint density at radius 3 is 1.64 bits per heavy atom. The first-order chi connectivity index (χ1) is 4.95. The Kier molecular flexibility index (Phi) is 3.92. The van der Waals surface area contributed by atoms with Crippen LogP contribution in [0.25, 0.3) is 0 Å². The van der Waals surface area contributed by atoms with E-state index in [1.807, 2.05) is 0 Å². The minimum atomic E-state index is -1.68. The molecule has 0 aliphatic rings. The SMILES string of the molecule is O=C(O)C(C=C(Cl)Cl)C(=O)O. The summed E-state index contributed by atoms with van der Waals surface area (Å²) < 4.78 is -0.375. The van der Waals surface area contributed by atoms with E-state index < -0.39 is 17.9 Å². The summed E-state index contributed by atoms with van der Waals surface area (Å²) >= 11 is 10.1. The zero-order chi connectivity index (χ0) is 9.02. The standard InChI is InChI=1S/C5H4Cl2O4/c6-3(7)1-2(4(8)9)5(10)11/h1-2H,(H,8,9)(H,10,11). The summed E-state index contributed by atoms with van der Waals surface area (Å²) in [6.07, 6.45) is 0.730. The van der Waals surface area contributed by atoms with Crippen LogP contribution in [0.15, 0.2) is 10.6 Å². The van der Waals surface area contributed by atoms with E-state index in [4.69, 9.17) is 33.4 Å². The van der Waals surface area contributed by atoms with Crippen LogP contribution in [0.5, 0.6) is 0 Å². The molecule has 62 valence electrons. The number of carboxylic acids is 2. The van der Waals surface area contributed by atoms with E-state index >= 15 is 0 Å². The third-order valence-corrected chi connectivity index (χ3v) is 1.08. The Balaban J connectivity index is 4.49. The van der Waals surface area contributed by atoms with Gasteiger partial charge in [0.05, 0.1) is 0 Å². The molecule has 0 radical (unpaired) electrons. The zero-order valence-electron chi connectivity index (χ0n) is 5.12. The van der Waals surface area contributed by atoms with E-state index in [9.17, 15) is 9.59 Å². The molecule has 0 aromatic heterocycles. The van der Waals surface area contributed by atoms with Crippen LogP contribution in [0.1, 0.15) is 0 Å². The maximum absolute atomic E-state index is 10.1. The molecule has 0 heterocycles. The summed E-state index contributed by atoms with van der Waals surface area (Å²) in [5.74, 6) is -4.69. The van der Waals surface area contributed by atoms with E-state index in [0.29, 0.717) is 0 Å². The summed E-state index contributed by atoms with van der Waals surface area (Å²) in [6, 6.07) is 0. The first-order valence-corrected chi connectivity index (χ1v) is 3.19. The molecular weight excluding hydrogens is 195 g/mol. The van der Waals surface area contributed by atoms with Crippen molar-refractivity contribution >= 4 is 35.1 Å². The van der Waals surface area contributed by atoms with Gasteiger partial charge in [-0.15, -0.1) is 0 Å². The van der Waals surface area contributed by atoms with Crippen LogP contribution in [0.3, 0.4) is 0 Å². The fourth-order valence-electron chi connectivity index (χ4n) is 0.374. The summed E-state index contributed by atoms with van der Waals surface area (Å²) in [5, 5.41) is 16.5. The van der Waals surface area contributed by atoms with Crippen LogP contribution >= 0.6 is 23.2 Å². The molecule has 0 aromatic rings. The highest BCUT2D eigenvalue weighted by Gasteiger charge is 2.23. The summed E-state index contributed by atoms with van der Waals surface area (Å²) in [5.41, 5.74) is 0. The summed E-state index contributed by atoms with van der Waals surface area (Å²) in [4.78, 5) is 20.3. The monoisotopic (exact) mass is 198 g/mol. The second-order valence-electron chi connectivity index (χ2n) is 1.61. The van der Waals surface area contributed by atoms with Gasteiger partial charge in [-0.3, -0.25) is 9.59 Å². The Morgan fingerprint density at radius 1 is 1.18 bits per heavy atom. The Morgan fingerprint density at radius 2 is 1.55 bits per heavy atom. The van der Waals surface area contributed by atoms with Crippen LogP contribution in [-0.4, -0.2) is 22.2 Å². The smallest absolute Gasteiger partial charge is 0.321 e. The average molecular weight is 199 g/mol. The minimum absolute atomic E-state index is 0.375. The van der Waals surface area contributed by atoms with Gasteiger partial charge in [0.2, 0.25) is 0 Å². The lowest BCUT2D eigenvalue weighted by Gasteiger charge is -1.98. The van der Waals surface area contributed by atoms with Gasteiger partial charge in [-0.2, -0.15) is 0 Å². The lowest BCUT2D eigenvalue weighted by molar-refractivity contribution is -0.151. The maximum atomic E-state index is 10.1. The highest BCUT2D eigenvalue weighted by molar-refractivity contribution is 6.56. The van der Waals surface area contributed by atoms with Crippen LogP contribution in [-0.2, 0) is 9.59 Å². The van der Waals surface area contributed by atoms with Gasteiger partial charge in [-0.25, -0.2) is 0 Å². The topological polar surface area (TPSA) is 74.6 Å². The average Bonchev–Trinajstić information content (AvgIpc) is 1.81. The van der Waals surface area contributed by atoms with E-state index in [2.05, 4.69) is 0 Å². The predicted molar refractivity (Wildman–Crippen MR) is 38.6 cm³/mol. The lowest BCUT2D eigenvalue weighted by Crippen LogP contribution is -2.20. The van der Waals surface area contributed by atoms with Crippen molar-refractivity contribution in [3.05, 3.63) is 10.6 Å². The largest absolute Gasteiger partial charge is 0.480 e. The highest BCUT2D eigenvalue weighted by Crippen LogP contribution is 2.11. The molecule has 11 heavy (non-hydrogen) atoms. The number of rotatable bonds is 3. The molecule has 0 atom stereocenters. The van der Waals surface area contributed by atoms with Gasteiger partial charge < -0.3 is 10.2 Å². The minimum Gasteiger partial charge on any atom is -0.480 e. The fraction of sp³-hybridized carbons (Fsp3) is 0.200. The van der Waals surface area contributed by atoms with Gasteiger partial charge in [0.25, 0.3) is 0 Å². The quantitative estimate of drug-likeness (QED) is 0.667. The summed E-state index contributed by atoms with van der Waals surface area (Å²) in [6.45, 7) is 0. The third kappa shape index (κ3) is 3.85. The van der Waals surface area contributed by atoms with Crippen molar-refractivity contribution in [1.82, 2.24) is 0 Å². The molecule has 6 heteroatoms. The van der Waals surface area contributed by atoms with Crippen LogP contribution in [0.4, 0.5) is 0 Å². The van der Waals surface area contributed by atoms with Gasteiger partial charge >= 0.3 is 11.9 Å². The van der Waals surface area contributed by atoms with Crippen LogP contribution < -0.4 is 0 Å². The van der Waals surface area contributed by atoms with Gasteiger partial charge in [0.15, 0.2) is 5.92 Å². The van der Waals surface area contributed by atoms with Crippen molar-refractivity contribution in [3.8, 4) is 0 Å². The Labute approximate surface area is 72.0 Å². The lowest BCUT2D eigenvalue weighted by atomic mass is 10.1. The maximum Gasteiger partial charge on any atom is 0.321 e. The van der Waals surface area contributed by atoms with Gasteiger partial charge in [0.1, 0.15) is 4.49 Å². The van der Waals surface area contributed by atoms with E-state index in [0.717, 1.165) is 6.08 Å². The number of carboxylic acid groups (broad SMARTS) is 2. The number of aliphatic carboxylic acids is 2. The van der Waals surface area contributed by atoms with E-state index in [-0.39, 0.29) is 4.49 Å². The van der Waals surface area contributed by atoms with Crippen molar-refractivity contribution in [2.75, 3.05) is 0 Å². The first kappa shape index (κ1) is 10.3. The van der Waals surface area contributed by atoms with Crippen molar-refractivity contribution in [3.63, 3.8) is 0 Å².